The van der Waals surface area contributed by atoms with Crippen molar-refractivity contribution in [1.29, 1.82) is 0 Å². The molecule has 1 fully saturated rings. The lowest BCUT2D eigenvalue weighted by Gasteiger charge is -2.26. The number of hydrogen-bond acceptors (Lipinski definition) is 4. The number of piperidine rings is 1. The SMILES string of the molecule is COc1cc(Cl)c(C)cc1NC(=O)c1ccc(F)c(S(=O)(=O)N2CCCCC2)c1. The van der Waals surface area contributed by atoms with Crippen LogP contribution in [0.1, 0.15) is 35.2 Å². The van der Waals surface area contributed by atoms with Gasteiger partial charge in [-0.25, -0.2) is 12.8 Å². The van der Waals surface area contributed by atoms with E-state index >= 15 is 0 Å². The normalized spacial score (nSPS) is 15.2. The summed E-state index contributed by atoms with van der Waals surface area (Å²) in [5.74, 6) is -1.11. The average molecular weight is 441 g/mol. The molecular formula is C20H22ClFN2O4S. The number of halogens is 2. The van der Waals surface area contributed by atoms with Crippen LogP contribution in [0.2, 0.25) is 5.02 Å². The molecule has 29 heavy (non-hydrogen) atoms. The Hall–Kier alpha value is -2.16. The van der Waals surface area contributed by atoms with Crippen LogP contribution in [0.25, 0.3) is 0 Å². The summed E-state index contributed by atoms with van der Waals surface area (Å²) < 4.78 is 46.5. The predicted octanol–water partition coefficient (Wildman–Crippen LogP) is 4.22. The van der Waals surface area contributed by atoms with Crippen LogP contribution in [0.15, 0.2) is 35.2 Å². The summed E-state index contributed by atoms with van der Waals surface area (Å²) in [6.45, 7) is 2.47. The Labute approximate surface area is 174 Å². The van der Waals surface area contributed by atoms with Crippen LogP contribution in [0, 0.1) is 12.7 Å². The number of methoxy groups -OCH3 is 1. The first-order valence-electron chi connectivity index (χ1n) is 9.19. The highest BCUT2D eigenvalue weighted by Crippen LogP contribution is 2.31. The van der Waals surface area contributed by atoms with E-state index in [2.05, 4.69) is 5.32 Å². The Bertz CT molecular complexity index is 1040. The van der Waals surface area contributed by atoms with Crippen molar-refractivity contribution in [2.75, 3.05) is 25.5 Å². The Kier molecular flexibility index (Phi) is 6.45. The van der Waals surface area contributed by atoms with Gasteiger partial charge in [0.2, 0.25) is 10.0 Å². The number of nitrogens with one attached hydrogen (secondary N) is 1. The molecule has 156 valence electrons. The van der Waals surface area contributed by atoms with E-state index in [1.165, 1.54) is 17.5 Å². The van der Waals surface area contributed by atoms with Gasteiger partial charge in [0.1, 0.15) is 16.5 Å². The molecule has 1 heterocycles. The molecule has 0 unspecified atom stereocenters. The van der Waals surface area contributed by atoms with E-state index in [4.69, 9.17) is 16.3 Å². The zero-order valence-electron chi connectivity index (χ0n) is 16.2. The monoisotopic (exact) mass is 440 g/mol. The van der Waals surface area contributed by atoms with E-state index in [0.29, 0.717) is 29.5 Å². The number of carbonyl (C=O) groups is 1. The lowest BCUT2D eigenvalue weighted by Crippen LogP contribution is -2.36. The smallest absolute Gasteiger partial charge is 0.255 e. The molecule has 2 aromatic rings. The summed E-state index contributed by atoms with van der Waals surface area (Å²) >= 11 is 6.07. The largest absolute Gasteiger partial charge is 0.495 e. The van der Waals surface area contributed by atoms with Crippen molar-refractivity contribution in [1.82, 2.24) is 4.31 Å². The van der Waals surface area contributed by atoms with Crippen molar-refractivity contribution in [3.05, 3.63) is 52.3 Å². The van der Waals surface area contributed by atoms with Gasteiger partial charge >= 0.3 is 0 Å². The molecule has 0 aromatic heterocycles. The van der Waals surface area contributed by atoms with Crippen molar-refractivity contribution < 1.29 is 22.3 Å². The van der Waals surface area contributed by atoms with Gasteiger partial charge in [-0.05, 0) is 49.6 Å². The summed E-state index contributed by atoms with van der Waals surface area (Å²) in [7, 11) is -2.57. The number of anilines is 1. The van der Waals surface area contributed by atoms with Gasteiger partial charge in [-0.1, -0.05) is 18.0 Å². The number of aryl methyl sites for hydroxylation is 1. The fraction of sp³-hybridized carbons (Fsp3) is 0.350. The topological polar surface area (TPSA) is 75.7 Å². The maximum absolute atomic E-state index is 14.4. The Morgan fingerprint density at radius 3 is 2.52 bits per heavy atom. The van der Waals surface area contributed by atoms with Crippen LogP contribution in [0.3, 0.4) is 0 Å². The first-order valence-corrected chi connectivity index (χ1v) is 11.0. The fourth-order valence-corrected chi connectivity index (χ4v) is 4.97. The van der Waals surface area contributed by atoms with Crippen molar-refractivity contribution in [2.45, 2.75) is 31.1 Å². The Morgan fingerprint density at radius 1 is 1.17 bits per heavy atom. The molecule has 1 amide bonds. The molecule has 0 radical (unpaired) electrons. The van der Waals surface area contributed by atoms with E-state index in [0.717, 1.165) is 37.0 Å². The third kappa shape index (κ3) is 4.55. The number of amides is 1. The molecule has 0 aliphatic carbocycles. The standard InChI is InChI=1S/C20H22ClFN2O4S/c1-13-10-17(18(28-2)12-15(13)21)23-20(25)14-6-7-16(22)19(11-14)29(26,27)24-8-4-3-5-9-24/h6-7,10-12H,3-5,8-9H2,1-2H3,(H,23,25). The van der Waals surface area contributed by atoms with Crippen molar-refractivity contribution >= 4 is 33.2 Å². The van der Waals surface area contributed by atoms with E-state index < -0.39 is 26.6 Å². The maximum Gasteiger partial charge on any atom is 0.255 e. The minimum absolute atomic E-state index is 0.0247. The molecule has 0 atom stereocenters. The summed E-state index contributed by atoms with van der Waals surface area (Å²) in [4.78, 5) is 12.2. The lowest BCUT2D eigenvalue weighted by molar-refractivity contribution is 0.102. The maximum atomic E-state index is 14.4. The third-order valence-electron chi connectivity index (χ3n) is 4.86. The molecule has 1 N–H and O–H groups in total. The molecule has 1 aliphatic heterocycles. The average Bonchev–Trinajstić information content (AvgIpc) is 2.71. The van der Waals surface area contributed by atoms with Crippen LogP contribution >= 0.6 is 11.6 Å². The molecule has 0 spiro atoms. The van der Waals surface area contributed by atoms with Gasteiger partial charge in [-0.15, -0.1) is 0 Å². The molecule has 0 bridgehead atoms. The van der Waals surface area contributed by atoms with Crippen LogP contribution in [0.4, 0.5) is 10.1 Å². The molecule has 0 saturated carbocycles. The number of rotatable bonds is 5. The zero-order valence-corrected chi connectivity index (χ0v) is 17.7. The highest BCUT2D eigenvalue weighted by Gasteiger charge is 2.29. The van der Waals surface area contributed by atoms with Gasteiger partial charge in [0.25, 0.3) is 5.91 Å². The molecule has 3 rings (SSSR count). The second-order valence-electron chi connectivity index (χ2n) is 6.87. The van der Waals surface area contributed by atoms with Gasteiger partial charge < -0.3 is 10.1 Å². The molecular weight excluding hydrogens is 419 g/mol. The van der Waals surface area contributed by atoms with Gasteiger partial charge in [-0.3, -0.25) is 4.79 Å². The summed E-state index contributed by atoms with van der Waals surface area (Å²) in [5.41, 5.74) is 1.14. The third-order valence-corrected chi connectivity index (χ3v) is 7.18. The van der Waals surface area contributed by atoms with E-state index in [1.54, 1.807) is 19.1 Å². The molecule has 1 aliphatic rings. The second kappa shape index (κ2) is 8.69. The number of nitrogens with zero attached hydrogens (tertiary/aromatic N) is 1. The summed E-state index contributed by atoms with van der Waals surface area (Å²) in [6.07, 6.45) is 2.41. The minimum Gasteiger partial charge on any atom is -0.495 e. The summed E-state index contributed by atoms with van der Waals surface area (Å²) in [5, 5.41) is 3.15. The zero-order chi connectivity index (χ0) is 21.2. The molecule has 9 heteroatoms. The van der Waals surface area contributed by atoms with Gasteiger partial charge in [0.15, 0.2) is 0 Å². The second-order valence-corrected chi connectivity index (χ2v) is 9.18. The van der Waals surface area contributed by atoms with Crippen LogP contribution in [-0.2, 0) is 10.0 Å². The van der Waals surface area contributed by atoms with Crippen molar-refractivity contribution in [3.8, 4) is 5.75 Å². The molecule has 1 saturated heterocycles. The van der Waals surface area contributed by atoms with E-state index in [-0.39, 0.29) is 5.56 Å². The minimum atomic E-state index is -4.01. The number of benzene rings is 2. The lowest BCUT2D eigenvalue weighted by atomic mass is 10.1. The van der Waals surface area contributed by atoms with E-state index in [1.807, 2.05) is 0 Å². The Balaban J connectivity index is 1.92. The molecule has 6 nitrogen and oxygen atoms in total. The fourth-order valence-electron chi connectivity index (χ4n) is 3.21. The van der Waals surface area contributed by atoms with Crippen LogP contribution < -0.4 is 10.1 Å². The number of hydrogen-bond donors (Lipinski definition) is 1. The first-order chi connectivity index (χ1) is 13.7. The van der Waals surface area contributed by atoms with Crippen LogP contribution in [0.5, 0.6) is 5.75 Å². The number of carbonyl (C=O) groups excluding carboxylic acids is 1. The summed E-state index contributed by atoms with van der Waals surface area (Å²) in [6, 6.07) is 6.53. The van der Waals surface area contributed by atoms with E-state index in [9.17, 15) is 17.6 Å². The van der Waals surface area contributed by atoms with Crippen molar-refractivity contribution in [2.24, 2.45) is 0 Å². The first kappa shape index (κ1) is 21.5. The highest BCUT2D eigenvalue weighted by molar-refractivity contribution is 7.89. The van der Waals surface area contributed by atoms with Gasteiger partial charge in [-0.2, -0.15) is 4.31 Å². The van der Waals surface area contributed by atoms with Crippen molar-refractivity contribution in [3.63, 3.8) is 0 Å². The van der Waals surface area contributed by atoms with Gasteiger partial charge in [0.05, 0.1) is 12.8 Å². The number of sulfonamides is 1. The predicted molar refractivity (Wildman–Crippen MR) is 110 cm³/mol. The highest BCUT2D eigenvalue weighted by atomic mass is 35.5. The quantitative estimate of drug-likeness (QED) is 0.755. The van der Waals surface area contributed by atoms with Gasteiger partial charge in [0, 0.05) is 29.7 Å². The molecule has 2 aromatic carbocycles. The van der Waals surface area contributed by atoms with Crippen LogP contribution in [-0.4, -0.2) is 38.8 Å². The Morgan fingerprint density at radius 2 is 1.86 bits per heavy atom. The number of ether oxygens (including phenoxy) is 1.